The van der Waals surface area contributed by atoms with Crippen molar-refractivity contribution in [2.24, 2.45) is 5.92 Å². The number of benzene rings is 1. The summed E-state index contributed by atoms with van der Waals surface area (Å²) in [6, 6.07) is 11.2. The zero-order valence-electron chi connectivity index (χ0n) is 22.6. The highest BCUT2D eigenvalue weighted by Crippen LogP contribution is 2.31. The van der Waals surface area contributed by atoms with Crippen LogP contribution in [0, 0.1) is 11.7 Å². The first-order valence-electron chi connectivity index (χ1n) is 13.0. The van der Waals surface area contributed by atoms with Gasteiger partial charge >= 0.3 is 0 Å². The molecular formula is C28H33FN4O6S. The molecule has 2 unspecified atom stereocenters. The summed E-state index contributed by atoms with van der Waals surface area (Å²) in [6.07, 6.45) is 2.62. The minimum atomic E-state index is -4.35. The molecular weight excluding hydrogens is 539 g/mol. The van der Waals surface area contributed by atoms with Crippen LogP contribution in [-0.4, -0.2) is 50.2 Å². The van der Waals surface area contributed by atoms with E-state index in [9.17, 15) is 17.6 Å². The fourth-order valence-corrected chi connectivity index (χ4v) is 5.28. The fourth-order valence-electron chi connectivity index (χ4n) is 4.34. The van der Waals surface area contributed by atoms with E-state index in [0.717, 1.165) is 19.3 Å². The monoisotopic (exact) mass is 572 g/mol. The number of nitrogens with two attached hydrogens (primary N) is 1. The molecule has 1 aromatic carbocycles. The average Bonchev–Trinajstić information content (AvgIpc) is 2.91. The van der Waals surface area contributed by atoms with Crippen molar-refractivity contribution >= 4 is 21.7 Å². The Balaban J connectivity index is 1.71. The predicted octanol–water partition coefficient (Wildman–Crippen LogP) is 4.35. The van der Waals surface area contributed by atoms with Crippen LogP contribution < -0.4 is 19.9 Å². The number of anilines is 1. The van der Waals surface area contributed by atoms with Gasteiger partial charge in [0.05, 0.1) is 18.4 Å². The molecule has 2 atom stereocenters. The minimum Gasteiger partial charge on any atom is -0.493 e. The number of ether oxygens (including phenoxy) is 3. The number of nitrogens with one attached hydrogen (secondary N) is 1. The Morgan fingerprint density at radius 1 is 1.10 bits per heavy atom. The van der Waals surface area contributed by atoms with Gasteiger partial charge in [0.25, 0.3) is 15.9 Å². The molecule has 12 heteroatoms. The largest absolute Gasteiger partial charge is 0.493 e. The van der Waals surface area contributed by atoms with Crippen molar-refractivity contribution in [3.63, 3.8) is 0 Å². The lowest BCUT2D eigenvalue weighted by Crippen LogP contribution is -2.37. The number of sulfonamides is 1. The highest BCUT2D eigenvalue weighted by Gasteiger charge is 2.30. The summed E-state index contributed by atoms with van der Waals surface area (Å²) in [6.45, 7) is 4.37. The van der Waals surface area contributed by atoms with E-state index >= 15 is 0 Å². The van der Waals surface area contributed by atoms with Crippen LogP contribution in [0.25, 0.3) is 11.3 Å². The average molecular weight is 573 g/mol. The predicted molar refractivity (Wildman–Crippen MR) is 147 cm³/mol. The Hall–Kier alpha value is -3.77. The lowest BCUT2D eigenvalue weighted by Gasteiger charge is -2.30. The van der Waals surface area contributed by atoms with Crippen LogP contribution in [0.2, 0.25) is 0 Å². The van der Waals surface area contributed by atoms with Crippen LogP contribution in [0.3, 0.4) is 0 Å². The number of hydrogen-bond donors (Lipinski definition) is 2. The molecule has 4 rings (SSSR count). The van der Waals surface area contributed by atoms with E-state index in [1.54, 1.807) is 13.2 Å². The van der Waals surface area contributed by atoms with E-state index in [0.29, 0.717) is 30.0 Å². The van der Waals surface area contributed by atoms with E-state index < -0.39 is 32.9 Å². The van der Waals surface area contributed by atoms with Crippen LogP contribution in [0.1, 0.15) is 49.9 Å². The Kier molecular flexibility index (Phi) is 9.21. The van der Waals surface area contributed by atoms with E-state index in [4.69, 9.17) is 19.9 Å². The zero-order valence-corrected chi connectivity index (χ0v) is 23.4. The van der Waals surface area contributed by atoms with Gasteiger partial charge in [-0.1, -0.05) is 26.3 Å². The quantitative estimate of drug-likeness (QED) is 0.362. The number of carbonyl (C=O) groups excluding carboxylic acids is 1. The van der Waals surface area contributed by atoms with Gasteiger partial charge in [-0.2, -0.15) is 8.42 Å². The minimum absolute atomic E-state index is 0.0138. The molecule has 1 aliphatic carbocycles. The van der Waals surface area contributed by atoms with Crippen molar-refractivity contribution in [3.05, 3.63) is 59.9 Å². The zero-order chi connectivity index (χ0) is 28.9. The highest BCUT2D eigenvalue weighted by molar-refractivity contribution is 7.90. The van der Waals surface area contributed by atoms with Crippen LogP contribution in [0.4, 0.5) is 10.2 Å². The number of carbonyl (C=O) groups is 1. The molecule has 1 fully saturated rings. The van der Waals surface area contributed by atoms with E-state index in [2.05, 4.69) is 9.97 Å². The molecule has 0 bridgehead atoms. The van der Waals surface area contributed by atoms with E-state index in [1.807, 2.05) is 18.6 Å². The van der Waals surface area contributed by atoms with E-state index in [-0.39, 0.29) is 29.3 Å². The standard InChI is InChI=1S/C28H33FN4O6S/c1-17(2)16-38-20-14-18(13-19(29)15-20)22-12-11-21(28(31-22)39-24-8-5-4-7-23(24)37-3)27(34)33-40(35,36)26-10-6-9-25(30)32-26/h6,9-15,17,23-24H,4-5,7-8,16H2,1-3H3,(H2,30,32)(H,33,34). The van der Waals surface area contributed by atoms with Gasteiger partial charge in [-0.05, 0) is 61.6 Å². The topological polar surface area (TPSA) is 143 Å². The summed E-state index contributed by atoms with van der Waals surface area (Å²) < 4.78 is 59.7. The smallest absolute Gasteiger partial charge is 0.281 e. The molecule has 40 heavy (non-hydrogen) atoms. The SMILES string of the molecule is COC1CCCCC1Oc1nc(-c2cc(F)cc(OCC(C)C)c2)ccc1C(=O)NS(=O)(=O)c1cccc(N)n1. The molecule has 2 aromatic heterocycles. The van der Waals surface area contributed by atoms with Gasteiger partial charge in [0.2, 0.25) is 5.88 Å². The van der Waals surface area contributed by atoms with Gasteiger partial charge in [0, 0.05) is 18.7 Å². The van der Waals surface area contributed by atoms with Crippen molar-refractivity contribution in [1.29, 1.82) is 0 Å². The first-order chi connectivity index (χ1) is 19.1. The number of pyridine rings is 2. The summed E-state index contributed by atoms with van der Waals surface area (Å²) >= 11 is 0. The van der Waals surface area contributed by atoms with Crippen molar-refractivity contribution in [2.75, 3.05) is 19.5 Å². The van der Waals surface area contributed by atoms with Gasteiger partial charge in [0.1, 0.15) is 29.1 Å². The number of halogens is 1. The normalized spacial score (nSPS) is 17.4. The highest BCUT2D eigenvalue weighted by atomic mass is 32.2. The number of rotatable bonds is 10. The summed E-state index contributed by atoms with van der Waals surface area (Å²) in [5, 5.41) is -0.409. The van der Waals surface area contributed by atoms with Crippen molar-refractivity contribution in [3.8, 4) is 22.9 Å². The Bertz CT molecular complexity index is 1470. The molecule has 3 aromatic rings. The Morgan fingerprint density at radius 2 is 1.85 bits per heavy atom. The maximum absolute atomic E-state index is 14.5. The fraction of sp³-hybridized carbons (Fsp3) is 0.393. The second-order valence-electron chi connectivity index (χ2n) is 9.98. The van der Waals surface area contributed by atoms with Gasteiger partial charge < -0.3 is 19.9 Å². The van der Waals surface area contributed by atoms with Crippen LogP contribution >= 0.6 is 0 Å². The van der Waals surface area contributed by atoms with Crippen molar-refractivity contribution in [1.82, 2.24) is 14.7 Å². The van der Waals surface area contributed by atoms with Crippen LogP contribution in [0.15, 0.2) is 53.6 Å². The van der Waals surface area contributed by atoms with Crippen LogP contribution in [0.5, 0.6) is 11.6 Å². The van der Waals surface area contributed by atoms with Crippen molar-refractivity contribution < 1.29 is 31.8 Å². The third kappa shape index (κ3) is 7.24. The number of hydrogen-bond acceptors (Lipinski definition) is 9. The first kappa shape index (κ1) is 29.2. The summed E-state index contributed by atoms with van der Waals surface area (Å²) in [5.41, 5.74) is 6.20. The van der Waals surface area contributed by atoms with Gasteiger partial charge in [0.15, 0.2) is 5.03 Å². The molecule has 1 aliphatic rings. The summed E-state index contributed by atoms with van der Waals surface area (Å²) in [5.74, 6) is -1.03. The molecule has 0 spiro atoms. The summed E-state index contributed by atoms with van der Waals surface area (Å²) in [4.78, 5) is 21.6. The molecule has 0 aliphatic heterocycles. The second-order valence-corrected chi connectivity index (χ2v) is 11.6. The Labute approximate surface area is 233 Å². The molecule has 3 N–H and O–H groups in total. The maximum Gasteiger partial charge on any atom is 0.281 e. The first-order valence-corrected chi connectivity index (χ1v) is 14.5. The number of nitrogens with zero attached hydrogens (tertiary/aromatic N) is 2. The number of amides is 1. The number of nitrogen functional groups attached to an aromatic ring is 1. The number of aromatic nitrogens is 2. The number of methoxy groups -OCH3 is 1. The molecule has 1 amide bonds. The molecule has 1 saturated carbocycles. The second kappa shape index (κ2) is 12.6. The molecule has 0 saturated heterocycles. The lowest BCUT2D eigenvalue weighted by molar-refractivity contribution is -0.0249. The van der Waals surface area contributed by atoms with Gasteiger partial charge in [-0.15, -0.1) is 0 Å². The van der Waals surface area contributed by atoms with Gasteiger partial charge in [-0.25, -0.2) is 19.1 Å². The third-order valence-corrected chi connectivity index (χ3v) is 7.54. The summed E-state index contributed by atoms with van der Waals surface area (Å²) in [7, 11) is -2.76. The van der Waals surface area contributed by atoms with Crippen LogP contribution in [-0.2, 0) is 14.8 Å². The molecule has 10 nitrogen and oxygen atoms in total. The van der Waals surface area contributed by atoms with Gasteiger partial charge in [-0.3, -0.25) is 4.79 Å². The third-order valence-electron chi connectivity index (χ3n) is 6.31. The molecule has 2 heterocycles. The lowest BCUT2D eigenvalue weighted by atomic mass is 9.94. The Morgan fingerprint density at radius 3 is 2.55 bits per heavy atom. The van der Waals surface area contributed by atoms with E-state index in [1.165, 1.54) is 42.5 Å². The maximum atomic E-state index is 14.5. The molecule has 0 radical (unpaired) electrons. The van der Waals surface area contributed by atoms with Crippen molar-refractivity contribution in [2.45, 2.75) is 56.8 Å². The molecule has 214 valence electrons.